The molecule has 0 saturated carbocycles. The Labute approximate surface area is 188 Å². The van der Waals surface area contributed by atoms with Crippen LogP contribution in [0.2, 0.25) is 0 Å². The second-order valence-corrected chi connectivity index (χ2v) is 10.9. The van der Waals surface area contributed by atoms with Gasteiger partial charge in [0.2, 0.25) is 10.0 Å². The molecular weight excluding hydrogens is 450 g/mol. The summed E-state index contributed by atoms with van der Waals surface area (Å²) in [6.07, 6.45) is 1.25. The predicted molar refractivity (Wildman–Crippen MR) is 124 cm³/mol. The van der Waals surface area contributed by atoms with Crippen molar-refractivity contribution in [1.29, 1.82) is 0 Å². The Morgan fingerprint density at radius 1 is 0.969 bits per heavy atom. The molecular formula is C22H23N3O5S2. The third kappa shape index (κ3) is 5.32. The molecule has 0 saturated heterocycles. The maximum atomic E-state index is 12.8. The van der Waals surface area contributed by atoms with E-state index in [2.05, 4.69) is 9.71 Å². The van der Waals surface area contributed by atoms with Gasteiger partial charge in [-0.15, -0.1) is 0 Å². The summed E-state index contributed by atoms with van der Waals surface area (Å²) in [6.45, 7) is 3.24. The highest BCUT2D eigenvalue weighted by Crippen LogP contribution is 2.22. The van der Waals surface area contributed by atoms with E-state index in [9.17, 15) is 21.6 Å². The molecule has 10 heteroatoms. The van der Waals surface area contributed by atoms with Gasteiger partial charge in [0.25, 0.3) is 10.0 Å². The molecule has 0 atom stereocenters. The van der Waals surface area contributed by atoms with Crippen LogP contribution in [0.15, 0.2) is 71.8 Å². The largest absolute Gasteiger partial charge is 0.295 e. The quantitative estimate of drug-likeness (QED) is 0.502. The van der Waals surface area contributed by atoms with Crippen LogP contribution >= 0.6 is 0 Å². The minimum atomic E-state index is -3.90. The highest BCUT2D eigenvalue weighted by atomic mass is 32.2. The van der Waals surface area contributed by atoms with Crippen LogP contribution in [0.5, 0.6) is 0 Å². The molecule has 0 amide bonds. The monoisotopic (exact) mass is 473 g/mol. The van der Waals surface area contributed by atoms with Crippen LogP contribution in [0.1, 0.15) is 28.4 Å². The highest BCUT2D eigenvalue weighted by Gasteiger charge is 2.21. The number of pyridine rings is 1. The number of nitrogens with zero attached hydrogens (tertiary/aromatic N) is 2. The maximum absolute atomic E-state index is 12.8. The Kier molecular flexibility index (Phi) is 6.65. The predicted octanol–water partition coefficient (Wildman–Crippen LogP) is 3.36. The average molecular weight is 474 g/mol. The number of hydrogen-bond acceptors (Lipinski definition) is 6. The number of aromatic nitrogens is 1. The van der Waals surface area contributed by atoms with E-state index in [0.717, 1.165) is 9.87 Å². The first-order chi connectivity index (χ1) is 15.0. The molecule has 0 aliphatic heterocycles. The number of ketones is 1. The Balaban J connectivity index is 1.75. The van der Waals surface area contributed by atoms with Gasteiger partial charge in [-0.3, -0.25) is 13.8 Å². The summed E-state index contributed by atoms with van der Waals surface area (Å²) >= 11 is 0. The molecule has 0 aliphatic rings. The van der Waals surface area contributed by atoms with Crippen molar-refractivity contribution < 1.29 is 21.6 Å². The zero-order valence-corrected chi connectivity index (χ0v) is 19.4. The molecule has 0 bridgehead atoms. The summed E-state index contributed by atoms with van der Waals surface area (Å²) in [5, 5.41) is 0. The molecule has 0 fully saturated rings. The van der Waals surface area contributed by atoms with Gasteiger partial charge in [-0.1, -0.05) is 36.4 Å². The van der Waals surface area contributed by atoms with Crippen LogP contribution in [0.4, 0.5) is 11.5 Å². The van der Waals surface area contributed by atoms with Crippen molar-refractivity contribution in [2.45, 2.75) is 24.5 Å². The summed E-state index contributed by atoms with van der Waals surface area (Å²) in [6, 6.07) is 15.6. The Bertz CT molecular complexity index is 1340. The molecule has 1 N–H and O–H groups in total. The molecule has 168 valence electrons. The number of hydrogen-bond donors (Lipinski definition) is 1. The smallest absolute Gasteiger partial charge is 0.261 e. The molecule has 1 heterocycles. The standard InChI is InChI=1S/C22H23N3O5S2/c1-16-6-4-5-7-19(16)15-31(27,28)25(3)22-13-10-20(14-23-22)24-32(29,30)21-11-8-18(9-12-21)17(2)26/h4-14,24H,15H2,1-3H3. The van der Waals surface area contributed by atoms with Crippen molar-refractivity contribution in [2.75, 3.05) is 16.1 Å². The van der Waals surface area contributed by atoms with Gasteiger partial charge in [-0.05, 0) is 49.2 Å². The van der Waals surface area contributed by atoms with Crippen molar-refractivity contribution in [3.63, 3.8) is 0 Å². The lowest BCUT2D eigenvalue weighted by molar-refractivity contribution is 0.101. The molecule has 0 aliphatic carbocycles. The Morgan fingerprint density at radius 2 is 1.62 bits per heavy atom. The van der Waals surface area contributed by atoms with E-state index < -0.39 is 20.0 Å². The lowest BCUT2D eigenvalue weighted by Crippen LogP contribution is -2.28. The first-order valence-corrected chi connectivity index (χ1v) is 12.7. The number of Topliss-reactive ketones (excluding diaryl/α,β-unsaturated/α-hetero) is 1. The van der Waals surface area contributed by atoms with E-state index in [1.165, 1.54) is 56.6 Å². The van der Waals surface area contributed by atoms with Crippen molar-refractivity contribution in [3.05, 3.63) is 83.6 Å². The molecule has 2 aromatic carbocycles. The van der Waals surface area contributed by atoms with Gasteiger partial charge in [0.15, 0.2) is 5.78 Å². The third-order valence-corrected chi connectivity index (χ3v) is 8.00. The van der Waals surface area contributed by atoms with Gasteiger partial charge < -0.3 is 0 Å². The number of sulfonamides is 2. The van der Waals surface area contributed by atoms with E-state index in [-0.39, 0.29) is 27.9 Å². The van der Waals surface area contributed by atoms with Gasteiger partial charge in [0, 0.05) is 12.6 Å². The van der Waals surface area contributed by atoms with Gasteiger partial charge >= 0.3 is 0 Å². The van der Waals surface area contributed by atoms with E-state index in [4.69, 9.17) is 0 Å². The summed E-state index contributed by atoms with van der Waals surface area (Å²) in [5.74, 6) is -0.182. The lowest BCUT2D eigenvalue weighted by atomic mass is 10.1. The second-order valence-electron chi connectivity index (χ2n) is 7.24. The van der Waals surface area contributed by atoms with Crippen molar-refractivity contribution in [3.8, 4) is 0 Å². The minimum absolute atomic E-state index is 0.00972. The van der Waals surface area contributed by atoms with Gasteiger partial charge in [-0.2, -0.15) is 0 Å². The lowest BCUT2D eigenvalue weighted by Gasteiger charge is -2.19. The van der Waals surface area contributed by atoms with Gasteiger partial charge in [0.1, 0.15) is 5.82 Å². The average Bonchev–Trinajstić information content (AvgIpc) is 2.75. The minimum Gasteiger partial charge on any atom is -0.295 e. The first kappa shape index (κ1) is 23.4. The second kappa shape index (κ2) is 9.09. The topological polar surface area (TPSA) is 114 Å². The van der Waals surface area contributed by atoms with E-state index >= 15 is 0 Å². The molecule has 0 radical (unpaired) electrons. The van der Waals surface area contributed by atoms with Crippen LogP contribution in [0, 0.1) is 6.92 Å². The SMILES string of the molecule is CC(=O)c1ccc(S(=O)(=O)Nc2ccc(N(C)S(=O)(=O)Cc3ccccc3C)nc2)cc1. The summed E-state index contributed by atoms with van der Waals surface area (Å²) in [4.78, 5) is 15.4. The Morgan fingerprint density at radius 3 is 2.19 bits per heavy atom. The number of benzene rings is 2. The molecule has 1 aromatic heterocycles. The fraction of sp³-hybridized carbons (Fsp3) is 0.182. The summed E-state index contributed by atoms with van der Waals surface area (Å²) in [7, 11) is -6.18. The fourth-order valence-electron chi connectivity index (χ4n) is 2.92. The molecule has 0 spiro atoms. The number of carbonyl (C=O) groups excluding carboxylic acids is 1. The number of anilines is 2. The zero-order valence-electron chi connectivity index (χ0n) is 17.8. The van der Waals surface area contributed by atoms with Gasteiger partial charge in [-0.25, -0.2) is 21.8 Å². The first-order valence-electron chi connectivity index (χ1n) is 9.60. The van der Waals surface area contributed by atoms with E-state index in [1.54, 1.807) is 12.1 Å². The summed E-state index contributed by atoms with van der Waals surface area (Å²) in [5.41, 5.74) is 2.15. The highest BCUT2D eigenvalue weighted by molar-refractivity contribution is 7.92. The van der Waals surface area contributed by atoms with E-state index in [0.29, 0.717) is 11.1 Å². The van der Waals surface area contributed by atoms with Crippen molar-refractivity contribution in [2.24, 2.45) is 0 Å². The fourth-order valence-corrected chi connectivity index (χ4v) is 5.27. The van der Waals surface area contributed by atoms with E-state index in [1.807, 2.05) is 19.1 Å². The molecule has 0 unspecified atom stereocenters. The van der Waals surface area contributed by atoms with Crippen LogP contribution in [0.25, 0.3) is 0 Å². The Hall–Kier alpha value is -3.24. The van der Waals surface area contributed by atoms with Crippen LogP contribution in [0.3, 0.4) is 0 Å². The maximum Gasteiger partial charge on any atom is 0.261 e. The van der Waals surface area contributed by atoms with Crippen LogP contribution in [-0.4, -0.2) is 34.7 Å². The number of carbonyl (C=O) groups is 1. The third-order valence-electron chi connectivity index (χ3n) is 4.91. The molecule has 3 rings (SSSR count). The molecule has 8 nitrogen and oxygen atoms in total. The molecule has 3 aromatic rings. The van der Waals surface area contributed by atoms with Crippen LogP contribution in [-0.2, 0) is 25.8 Å². The number of nitrogens with one attached hydrogen (secondary N) is 1. The number of rotatable bonds is 8. The zero-order chi connectivity index (χ0) is 23.5. The van der Waals surface area contributed by atoms with Crippen molar-refractivity contribution >= 4 is 37.3 Å². The number of aryl methyl sites for hydroxylation is 1. The van der Waals surface area contributed by atoms with Crippen LogP contribution < -0.4 is 9.03 Å². The normalized spacial score (nSPS) is 11.7. The van der Waals surface area contributed by atoms with Crippen molar-refractivity contribution in [1.82, 2.24) is 4.98 Å². The molecule has 32 heavy (non-hydrogen) atoms. The van der Waals surface area contributed by atoms with Gasteiger partial charge in [0.05, 0.1) is 22.5 Å². The summed E-state index contributed by atoms with van der Waals surface area (Å²) < 4.78 is 54.1.